The van der Waals surface area contributed by atoms with Crippen molar-refractivity contribution in [2.45, 2.75) is 38.5 Å². The summed E-state index contributed by atoms with van der Waals surface area (Å²) >= 11 is 0. The van der Waals surface area contributed by atoms with Crippen LogP contribution >= 0.6 is 0 Å². The van der Waals surface area contributed by atoms with Gasteiger partial charge >= 0.3 is 0 Å². The van der Waals surface area contributed by atoms with E-state index < -0.39 is 0 Å². The first kappa shape index (κ1) is 27.3. The minimum absolute atomic E-state index is 0.185. The van der Waals surface area contributed by atoms with Crippen molar-refractivity contribution in [1.29, 1.82) is 0 Å². The highest BCUT2D eigenvalue weighted by molar-refractivity contribution is 6.11. The second-order valence-corrected chi connectivity index (χ2v) is 14.0. The average Bonchev–Trinajstić information content (AvgIpc) is 3.43. The fraction of sp³-hybridized carbons (Fsp3) is 0.143. The summed E-state index contributed by atoms with van der Waals surface area (Å²) in [4.78, 5) is 25.7. The van der Waals surface area contributed by atoms with Gasteiger partial charge in [-0.15, -0.1) is 0 Å². The highest BCUT2D eigenvalue weighted by atomic mass is 15.3. The fourth-order valence-electron chi connectivity index (χ4n) is 8.27. The van der Waals surface area contributed by atoms with Crippen LogP contribution < -0.4 is 9.80 Å². The van der Waals surface area contributed by atoms with Gasteiger partial charge in [0.2, 0.25) is 11.9 Å². The molecular formula is C42H32N6. The van der Waals surface area contributed by atoms with E-state index >= 15 is 0 Å². The third kappa shape index (κ3) is 3.46. The Bertz CT molecular complexity index is 2230. The molecule has 0 saturated carbocycles. The summed E-state index contributed by atoms with van der Waals surface area (Å²) in [5.41, 5.74) is 13.3. The van der Waals surface area contributed by atoms with Gasteiger partial charge in [0, 0.05) is 22.0 Å². The average molecular weight is 621 g/mol. The van der Waals surface area contributed by atoms with E-state index in [9.17, 15) is 0 Å². The Kier molecular flexibility index (Phi) is 5.31. The molecule has 3 aliphatic rings. The van der Waals surface area contributed by atoms with Gasteiger partial charge in [0.15, 0.2) is 5.65 Å². The van der Waals surface area contributed by atoms with Gasteiger partial charge in [-0.05, 0) is 46.5 Å². The van der Waals surface area contributed by atoms with E-state index in [1.54, 1.807) is 0 Å². The van der Waals surface area contributed by atoms with E-state index in [0.717, 1.165) is 50.7 Å². The smallest absolute Gasteiger partial charge is 0.237 e. The lowest BCUT2D eigenvalue weighted by Crippen LogP contribution is -2.31. The third-order valence-electron chi connectivity index (χ3n) is 10.6. The van der Waals surface area contributed by atoms with E-state index in [2.05, 4.69) is 159 Å². The van der Waals surface area contributed by atoms with E-state index in [-0.39, 0.29) is 10.8 Å². The summed E-state index contributed by atoms with van der Waals surface area (Å²) in [6, 6.07) is 42.8. The van der Waals surface area contributed by atoms with Crippen molar-refractivity contribution in [1.82, 2.24) is 19.9 Å². The quantitative estimate of drug-likeness (QED) is 0.192. The van der Waals surface area contributed by atoms with Crippen LogP contribution in [0.3, 0.4) is 0 Å². The molecule has 7 aromatic rings. The summed E-state index contributed by atoms with van der Waals surface area (Å²) in [6.07, 6.45) is 0. The van der Waals surface area contributed by atoms with Crippen molar-refractivity contribution >= 4 is 45.7 Å². The summed E-state index contributed by atoms with van der Waals surface area (Å²) in [5.74, 6) is 1.20. The van der Waals surface area contributed by atoms with Crippen LogP contribution in [-0.2, 0) is 10.8 Å². The number of anilines is 6. The highest BCUT2D eigenvalue weighted by Gasteiger charge is 2.40. The number of nitrogens with zero attached hydrogens (tertiary/aromatic N) is 6. The van der Waals surface area contributed by atoms with Crippen molar-refractivity contribution in [2.24, 2.45) is 0 Å². The Morgan fingerprint density at radius 1 is 0.396 bits per heavy atom. The van der Waals surface area contributed by atoms with Gasteiger partial charge in [-0.2, -0.15) is 9.97 Å². The van der Waals surface area contributed by atoms with Crippen LogP contribution in [0.1, 0.15) is 49.9 Å². The summed E-state index contributed by atoms with van der Waals surface area (Å²) in [5, 5.41) is 0.890. The van der Waals surface area contributed by atoms with Crippen LogP contribution in [0.2, 0.25) is 0 Å². The van der Waals surface area contributed by atoms with Crippen molar-refractivity contribution in [3.63, 3.8) is 0 Å². The van der Waals surface area contributed by atoms with Crippen LogP contribution in [0, 0.1) is 0 Å². The van der Waals surface area contributed by atoms with E-state index in [1.807, 2.05) is 0 Å². The number of aromatic nitrogens is 4. The first-order chi connectivity index (χ1) is 23.3. The second-order valence-electron chi connectivity index (χ2n) is 14.0. The SMILES string of the molecule is CC1(C)c2ccccc2N(c2nc3c4c(nc(N5c6ccccc6C(C)(C)c6ccccc65)nc4n2)-c2ccccc2-3)c2ccccc21. The van der Waals surface area contributed by atoms with E-state index in [1.165, 1.54) is 22.3 Å². The molecule has 1 aliphatic carbocycles. The molecule has 6 heteroatoms. The van der Waals surface area contributed by atoms with Gasteiger partial charge in [-0.25, -0.2) is 9.97 Å². The number of hydrogen-bond donors (Lipinski definition) is 0. The van der Waals surface area contributed by atoms with Gasteiger partial charge in [0.25, 0.3) is 0 Å². The minimum atomic E-state index is -0.185. The zero-order valence-corrected chi connectivity index (χ0v) is 27.2. The molecule has 0 fully saturated rings. The number of fused-ring (bicyclic) bond motifs is 7. The maximum Gasteiger partial charge on any atom is 0.237 e. The molecule has 4 heterocycles. The number of hydrogen-bond acceptors (Lipinski definition) is 6. The minimum Gasteiger partial charge on any atom is -0.278 e. The lowest BCUT2D eigenvalue weighted by atomic mass is 9.74. The Labute approximate surface area is 279 Å². The summed E-state index contributed by atoms with van der Waals surface area (Å²) in [6.45, 7) is 9.17. The van der Waals surface area contributed by atoms with E-state index in [4.69, 9.17) is 19.9 Å². The molecule has 2 aliphatic heterocycles. The van der Waals surface area contributed by atoms with Gasteiger partial charge in [0.05, 0.1) is 39.5 Å². The molecule has 0 radical (unpaired) electrons. The second kappa shape index (κ2) is 9.35. The van der Waals surface area contributed by atoms with Crippen molar-refractivity contribution in [3.8, 4) is 22.5 Å². The lowest BCUT2D eigenvalue weighted by molar-refractivity contribution is 0.631. The topological polar surface area (TPSA) is 58.0 Å². The molecule has 2 aromatic heterocycles. The van der Waals surface area contributed by atoms with Crippen LogP contribution in [0.25, 0.3) is 33.5 Å². The van der Waals surface area contributed by atoms with Gasteiger partial charge < -0.3 is 0 Å². The molecule has 0 saturated heterocycles. The monoisotopic (exact) mass is 620 g/mol. The van der Waals surface area contributed by atoms with Gasteiger partial charge in [0.1, 0.15) is 0 Å². The normalized spacial score (nSPS) is 15.8. The number of para-hydroxylation sites is 4. The van der Waals surface area contributed by atoms with Gasteiger partial charge in [-0.1, -0.05) is 125 Å². The largest absolute Gasteiger partial charge is 0.278 e. The Morgan fingerprint density at radius 3 is 1.06 bits per heavy atom. The predicted molar refractivity (Wildman–Crippen MR) is 193 cm³/mol. The maximum absolute atomic E-state index is 5.34. The lowest BCUT2D eigenvalue weighted by Gasteiger charge is -2.41. The molecule has 230 valence electrons. The van der Waals surface area contributed by atoms with E-state index in [0.29, 0.717) is 17.5 Å². The molecule has 0 N–H and O–H groups in total. The summed E-state index contributed by atoms with van der Waals surface area (Å²) in [7, 11) is 0. The third-order valence-corrected chi connectivity index (χ3v) is 10.6. The first-order valence-corrected chi connectivity index (χ1v) is 16.5. The molecule has 6 nitrogen and oxygen atoms in total. The highest BCUT2D eigenvalue weighted by Crippen LogP contribution is 2.54. The molecule has 10 rings (SSSR count). The molecule has 0 bridgehead atoms. The maximum atomic E-state index is 5.34. The zero-order valence-electron chi connectivity index (χ0n) is 27.2. The molecule has 0 unspecified atom stereocenters. The molecular weight excluding hydrogens is 589 g/mol. The predicted octanol–water partition coefficient (Wildman–Crippen LogP) is 10.3. The Balaban J connectivity index is 1.27. The molecule has 0 atom stereocenters. The first-order valence-electron chi connectivity index (χ1n) is 16.5. The van der Waals surface area contributed by atoms with Crippen LogP contribution in [0.4, 0.5) is 34.6 Å². The van der Waals surface area contributed by atoms with Crippen LogP contribution in [0.5, 0.6) is 0 Å². The van der Waals surface area contributed by atoms with Crippen LogP contribution in [0.15, 0.2) is 121 Å². The molecule has 0 amide bonds. The Morgan fingerprint density at radius 2 is 0.708 bits per heavy atom. The standard InChI is InChI=1S/C42H32N6/c1-41(2)27-17-7-11-21-31(27)47(32-22-12-8-18-28(32)41)39-43-36-25-15-5-6-16-26(25)37-35(36)38(45-39)46-40(44-37)48-33-23-13-9-19-29(33)42(3,4)30-20-10-14-24-34(30)48/h5-24H,1-4H3. The molecule has 48 heavy (non-hydrogen) atoms. The van der Waals surface area contributed by atoms with Crippen molar-refractivity contribution in [2.75, 3.05) is 9.80 Å². The number of benzene rings is 5. The van der Waals surface area contributed by atoms with Crippen molar-refractivity contribution < 1.29 is 0 Å². The summed E-state index contributed by atoms with van der Waals surface area (Å²) < 4.78 is 0. The molecule has 0 spiro atoms. The zero-order chi connectivity index (χ0) is 32.4. The van der Waals surface area contributed by atoms with Crippen LogP contribution in [-0.4, -0.2) is 19.9 Å². The van der Waals surface area contributed by atoms with Gasteiger partial charge in [-0.3, -0.25) is 9.80 Å². The van der Waals surface area contributed by atoms with Crippen molar-refractivity contribution in [3.05, 3.63) is 144 Å². The number of rotatable bonds is 2. The fourth-order valence-corrected chi connectivity index (χ4v) is 8.27. The Hall–Kier alpha value is -5.88. The molecule has 5 aromatic carbocycles.